The van der Waals surface area contributed by atoms with Crippen LogP contribution in [0.15, 0.2) is 11.6 Å². The van der Waals surface area contributed by atoms with Crippen LogP contribution in [-0.2, 0) is 52.2 Å². The van der Waals surface area contributed by atoms with Gasteiger partial charge in [-0.05, 0) is 112 Å². The van der Waals surface area contributed by atoms with Crippen molar-refractivity contribution in [3.63, 3.8) is 0 Å². The van der Waals surface area contributed by atoms with E-state index >= 15 is 4.79 Å². The van der Waals surface area contributed by atoms with Crippen LogP contribution in [0.1, 0.15) is 114 Å². The maximum absolute atomic E-state index is 15.5. The Kier molecular flexibility index (Phi) is 18.9. The van der Waals surface area contributed by atoms with Gasteiger partial charge in [-0.15, -0.1) is 0 Å². The summed E-state index contributed by atoms with van der Waals surface area (Å²) >= 11 is 0. The number of fused-ring (bicyclic) bond motifs is 7. The fourth-order valence-corrected chi connectivity index (χ4v) is 17.8. The van der Waals surface area contributed by atoms with Gasteiger partial charge >= 0.3 is 5.97 Å². The van der Waals surface area contributed by atoms with E-state index in [1.165, 1.54) is 20.8 Å². The predicted molar refractivity (Wildman–Crippen MR) is 289 cm³/mol. The molecule has 16 N–H and O–H groups in total. The topological polar surface area (TPSA) is 433 Å². The summed E-state index contributed by atoms with van der Waals surface area (Å²) in [5.41, 5.74) is -3.98. The Bertz CT molecular complexity index is 2420. The Morgan fingerprint density at radius 1 is 0.547 bits per heavy atom. The molecule has 35 atom stereocenters. The maximum atomic E-state index is 15.5. The number of ether oxygens (including phenoxy) is 10. The SMILES string of the molecule is C[C@@H]1O[C@@H](OC(=O)[C@]23CCC(C)(C)C[C@H]2C2=CC[C@@H]4[C@@]5(C)C[C@H](O)[C@H](O[C@@H]6O[C@H](CO)[C@@H](O)[C@H](O)[C@H]6O)[C@@](C)(CO)[C@@H]5CC[C@@]4(C)[C@]2(C)C[C@H]3O)[C@H](O)[C@H](O[C@@H]2O[C@H](C)[C@H](O)[C@H](O)[C@H]2O[C@@H]2O[C@@H](C)[C@H](O[C@@H]3OC[C@@H](O)[C@H](O)[C@H]3O)[C@@H](O)[C@H]2O)[C@H]1O. The second kappa shape index (κ2) is 24.3. The van der Waals surface area contributed by atoms with Crippen molar-refractivity contribution in [2.24, 2.45) is 50.2 Å². The van der Waals surface area contributed by atoms with Crippen molar-refractivity contribution >= 4 is 5.97 Å². The molecule has 10 aliphatic rings. The van der Waals surface area contributed by atoms with Crippen molar-refractivity contribution < 1.29 is 134 Å². The van der Waals surface area contributed by atoms with Gasteiger partial charge in [0, 0.05) is 5.41 Å². The van der Waals surface area contributed by atoms with Crippen LogP contribution in [-0.4, -0.2) is 273 Å². The van der Waals surface area contributed by atoms with E-state index in [9.17, 15) is 81.7 Å². The third-order valence-corrected chi connectivity index (χ3v) is 23.1. The van der Waals surface area contributed by atoms with E-state index < -0.39 is 225 Å². The zero-order valence-corrected chi connectivity index (χ0v) is 50.3. The van der Waals surface area contributed by atoms with Gasteiger partial charge in [-0.2, -0.15) is 0 Å². The molecule has 27 heteroatoms. The number of aliphatic hydroxyl groups excluding tert-OH is 16. The number of carbonyl (C=O) groups excluding carboxylic acids is 1. The largest absolute Gasteiger partial charge is 0.432 e. The molecule has 0 aromatic heterocycles. The lowest BCUT2D eigenvalue weighted by Crippen LogP contribution is -2.70. The first-order valence-electron chi connectivity index (χ1n) is 30.7. The smallest absolute Gasteiger partial charge is 0.317 e. The first-order chi connectivity index (χ1) is 40.2. The predicted octanol–water partition coefficient (Wildman–Crippen LogP) is -3.58. The normalized spacial score (nSPS) is 56.5. The Morgan fingerprint density at radius 3 is 1.81 bits per heavy atom. The molecule has 9 fully saturated rings. The second-order valence-electron chi connectivity index (χ2n) is 28.7. The molecule has 0 unspecified atom stereocenters. The molecule has 0 spiro atoms. The summed E-state index contributed by atoms with van der Waals surface area (Å²) in [5.74, 6) is -1.85. The summed E-state index contributed by atoms with van der Waals surface area (Å²) in [5, 5.41) is 178. The maximum Gasteiger partial charge on any atom is 0.317 e. The fourth-order valence-electron chi connectivity index (χ4n) is 17.8. The van der Waals surface area contributed by atoms with Gasteiger partial charge in [-0.3, -0.25) is 4.79 Å². The molecule has 5 aliphatic heterocycles. The minimum absolute atomic E-state index is 0.124. The van der Waals surface area contributed by atoms with E-state index in [-0.39, 0.29) is 36.5 Å². The first kappa shape index (κ1) is 67.1. The molecule has 0 amide bonds. The lowest BCUT2D eigenvalue weighted by molar-refractivity contribution is -0.389. The van der Waals surface area contributed by atoms with Crippen LogP contribution in [0.2, 0.25) is 0 Å². The molecule has 5 aliphatic carbocycles. The molecular weight excluding hydrogens is 1140 g/mol. The summed E-state index contributed by atoms with van der Waals surface area (Å²) in [6.07, 6.45) is -37.1. The molecule has 5 saturated heterocycles. The highest BCUT2D eigenvalue weighted by atomic mass is 16.8. The van der Waals surface area contributed by atoms with Crippen molar-refractivity contribution in [2.75, 3.05) is 19.8 Å². The number of hydrogen-bond acceptors (Lipinski definition) is 27. The number of esters is 1. The Hall–Kier alpha value is -1.79. The minimum atomic E-state index is -1.97. The highest BCUT2D eigenvalue weighted by molar-refractivity contribution is 5.80. The van der Waals surface area contributed by atoms with Crippen molar-refractivity contribution in [3.05, 3.63) is 11.6 Å². The molecule has 4 saturated carbocycles. The summed E-state index contributed by atoms with van der Waals surface area (Å²) in [7, 11) is 0. The van der Waals surface area contributed by atoms with E-state index in [2.05, 4.69) is 40.7 Å². The number of aliphatic hydroxyl groups is 16. The van der Waals surface area contributed by atoms with Crippen LogP contribution >= 0.6 is 0 Å². The van der Waals surface area contributed by atoms with Gasteiger partial charge in [0.25, 0.3) is 0 Å². The monoisotopic (exact) mass is 1240 g/mol. The van der Waals surface area contributed by atoms with E-state index in [0.717, 1.165) is 5.57 Å². The van der Waals surface area contributed by atoms with Crippen molar-refractivity contribution in [3.8, 4) is 0 Å². The Balaban J connectivity index is 0.873. The molecule has 27 nitrogen and oxygen atoms in total. The van der Waals surface area contributed by atoms with E-state index in [1.54, 1.807) is 0 Å². The second-order valence-corrected chi connectivity index (χ2v) is 28.7. The molecule has 86 heavy (non-hydrogen) atoms. The molecule has 0 aromatic rings. The van der Waals surface area contributed by atoms with Crippen LogP contribution < -0.4 is 0 Å². The summed E-state index contributed by atoms with van der Waals surface area (Å²) < 4.78 is 59.5. The van der Waals surface area contributed by atoms with E-state index in [1.807, 2.05) is 6.92 Å². The quantitative estimate of drug-likeness (QED) is 0.0510. The third kappa shape index (κ3) is 10.8. The molecule has 0 radical (unpaired) electrons. The van der Waals surface area contributed by atoms with Crippen molar-refractivity contribution in [1.82, 2.24) is 0 Å². The van der Waals surface area contributed by atoms with Gasteiger partial charge < -0.3 is 129 Å². The third-order valence-electron chi connectivity index (χ3n) is 23.1. The van der Waals surface area contributed by atoms with Gasteiger partial charge in [0.05, 0.1) is 56.4 Å². The zero-order valence-electron chi connectivity index (χ0n) is 50.3. The molecule has 10 rings (SSSR count). The van der Waals surface area contributed by atoms with Gasteiger partial charge in [-0.1, -0.05) is 53.2 Å². The molecular formula is C59H96O27. The van der Waals surface area contributed by atoms with Crippen LogP contribution in [0, 0.1) is 50.2 Å². The average Bonchev–Trinajstić information content (AvgIpc) is 0.674. The van der Waals surface area contributed by atoms with Gasteiger partial charge in [0.15, 0.2) is 25.2 Å². The van der Waals surface area contributed by atoms with Gasteiger partial charge in [0.2, 0.25) is 6.29 Å². The standard InChI is InChI=1S/C59H96O27/c1-22-33(65)38(70)46(84-49-42(74)39(71)44(24(3)80-49)82-48-40(72)35(67)28(63)20-77-48)52(79-22)83-45-34(66)23(2)78-51(43(45)75)86-53(76)59-15-14-54(4,5)16-26(59)25-10-11-31-55(6)17-27(62)47(85-50-41(73)37(69)36(68)29(19-60)81-50)56(7,21-61)30(55)12-13-57(31,8)58(25,9)18-32(59)64/h10,22-24,26-52,60-75H,11-21H2,1-9H3/t22-,23+,24+,26+,27+,28-,29-,30-,31-,32-,33+,34+,35+,36-,37+,38+,39+,40-,41-,42-,43-,44+,45-,46-,47+,48+,49+,50+,51+,52+,55+,56+,57-,58-,59-/m1/s1. The van der Waals surface area contributed by atoms with Crippen LogP contribution in [0.25, 0.3) is 0 Å². The van der Waals surface area contributed by atoms with E-state index in [0.29, 0.717) is 32.1 Å². The number of carbonyl (C=O) groups is 1. The van der Waals surface area contributed by atoms with Gasteiger partial charge in [0.1, 0.15) is 103 Å². The minimum Gasteiger partial charge on any atom is -0.432 e. The molecule has 494 valence electrons. The first-order valence-corrected chi connectivity index (χ1v) is 30.7. The van der Waals surface area contributed by atoms with Crippen LogP contribution in [0.5, 0.6) is 0 Å². The lowest BCUT2D eigenvalue weighted by Gasteiger charge is -2.72. The Labute approximate surface area is 499 Å². The van der Waals surface area contributed by atoms with Crippen LogP contribution in [0.4, 0.5) is 0 Å². The molecule has 0 aromatic carbocycles. The highest BCUT2D eigenvalue weighted by Gasteiger charge is 2.73. The number of rotatable bonds is 12. The summed E-state index contributed by atoms with van der Waals surface area (Å²) in [6, 6.07) is 0. The number of hydrogen-bond donors (Lipinski definition) is 16. The van der Waals surface area contributed by atoms with Crippen molar-refractivity contribution in [1.29, 1.82) is 0 Å². The molecule has 0 bridgehead atoms. The highest BCUT2D eigenvalue weighted by Crippen LogP contribution is 2.76. The summed E-state index contributed by atoms with van der Waals surface area (Å²) in [6.45, 7) is 15.3. The van der Waals surface area contributed by atoms with Crippen LogP contribution in [0.3, 0.4) is 0 Å². The van der Waals surface area contributed by atoms with Crippen molar-refractivity contribution in [2.45, 2.75) is 279 Å². The Morgan fingerprint density at radius 2 is 1.14 bits per heavy atom. The summed E-state index contributed by atoms with van der Waals surface area (Å²) in [4.78, 5) is 15.5. The average molecular weight is 1240 g/mol. The number of allylic oxidation sites excluding steroid dienone is 2. The lowest BCUT2D eigenvalue weighted by atomic mass is 9.33. The zero-order chi connectivity index (χ0) is 63.0. The molecule has 5 heterocycles. The van der Waals surface area contributed by atoms with Gasteiger partial charge in [-0.25, -0.2) is 0 Å². The van der Waals surface area contributed by atoms with E-state index in [4.69, 9.17) is 47.4 Å². The fraction of sp³-hybridized carbons (Fsp3) is 0.949.